The van der Waals surface area contributed by atoms with Gasteiger partial charge in [0, 0.05) is 24.8 Å². The number of halogens is 2. The molecule has 0 unspecified atom stereocenters. The summed E-state index contributed by atoms with van der Waals surface area (Å²) in [5.74, 6) is 0.813. The number of hydrogen-bond donors (Lipinski definition) is 3. The smallest absolute Gasteiger partial charge is 0.144 e. The third-order valence-corrected chi connectivity index (χ3v) is 3.72. The number of aromatic nitrogens is 3. The lowest BCUT2D eigenvalue weighted by molar-refractivity contribution is 0.398. The second-order valence-electron chi connectivity index (χ2n) is 4.81. The van der Waals surface area contributed by atoms with Crippen LogP contribution in [0.3, 0.4) is 0 Å². The van der Waals surface area contributed by atoms with E-state index >= 15 is 0 Å². The molecule has 0 amide bonds. The zero-order valence-corrected chi connectivity index (χ0v) is 13.1. The minimum atomic E-state index is 0. The molecule has 0 aromatic carbocycles. The Labute approximate surface area is 127 Å². The van der Waals surface area contributed by atoms with Crippen molar-refractivity contribution in [1.82, 2.24) is 20.3 Å². The van der Waals surface area contributed by atoms with Gasteiger partial charge in [-0.25, -0.2) is 9.97 Å². The summed E-state index contributed by atoms with van der Waals surface area (Å²) in [4.78, 5) is 11.5. The summed E-state index contributed by atoms with van der Waals surface area (Å²) in [7, 11) is 0. The highest BCUT2D eigenvalue weighted by Crippen LogP contribution is 2.28. The second-order valence-corrected chi connectivity index (χ2v) is 5.22. The molecule has 1 fully saturated rings. The van der Waals surface area contributed by atoms with Gasteiger partial charge in [0.2, 0.25) is 0 Å². The predicted octanol–water partition coefficient (Wildman–Crippen LogP) is 2.74. The van der Waals surface area contributed by atoms with Gasteiger partial charge in [-0.15, -0.1) is 17.0 Å². The number of nitrogens with one attached hydrogen (secondary N) is 3. The van der Waals surface area contributed by atoms with Crippen LogP contribution in [0, 0.1) is 0 Å². The SMILES string of the molecule is Br.C[C@H]1CC[C@@H](Nc2ncnc3[nH]cc(Cl)c23)CN1. The summed E-state index contributed by atoms with van der Waals surface area (Å²) in [6, 6.07) is 0.995. The van der Waals surface area contributed by atoms with Crippen LogP contribution in [0.1, 0.15) is 19.8 Å². The van der Waals surface area contributed by atoms with Crippen molar-refractivity contribution >= 4 is 45.4 Å². The monoisotopic (exact) mass is 345 g/mol. The van der Waals surface area contributed by atoms with Gasteiger partial charge in [0.05, 0.1) is 10.4 Å². The maximum Gasteiger partial charge on any atom is 0.144 e. The number of aromatic amines is 1. The van der Waals surface area contributed by atoms with Gasteiger partial charge >= 0.3 is 0 Å². The number of rotatable bonds is 2. The van der Waals surface area contributed by atoms with Crippen LogP contribution in [-0.2, 0) is 0 Å². The van der Waals surface area contributed by atoms with Crippen LogP contribution in [0.25, 0.3) is 11.0 Å². The van der Waals surface area contributed by atoms with Crippen molar-refractivity contribution in [1.29, 1.82) is 0 Å². The first-order valence-corrected chi connectivity index (χ1v) is 6.59. The molecule has 2 aromatic rings. The Morgan fingerprint density at radius 3 is 2.95 bits per heavy atom. The fraction of sp³-hybridized carbons (Fsp3) is 0.500. The summed E-state index contributed by atoms with van der Waals surface area (Å²) in [5, 5.41) is 8.45. The van der Waals surface area contributed by atoms with Gasteiger partial charge in [-0.2, -0.15) is 0 Å². The standard InChI is InChI=1S/C12H16ClN5.BrH/c1-7-2-3-8(4-14-7)18-12-10-9(13)5-15-11(10)16-6-17-12;/h5-8,14H,2-4H2,1H3,(H2,15,16,17,18);1H/t7-,8+;/m0./s1. The average Bonchev–Trinajstić information content (AvgIpc) is 2.75. The predicted molar refractivity (Wildman–Crippen MR) is 83.3 cm³/mol. The van der Waals surface area contributed by atoms with Crippen molar-refractivity contribution in [3.8, 4) is 0 Å². The van der Waals surface area contributed by atoms with E-state index < -0.39 is 0 Å². The minimum absolute atomic E-state index is 0. The van der Waals surface area contributed by atoms with Gasteiger partial charge in [-0.3, -0.25) is 0 Å². The Bertz CT molecular complexity index is 550. The number of anilines is 1. The summed E-state index contributed by atoms with van der Waals surface area (Å²) >= 11 is 6.15. The van der Waals surface area contributed by atoms with Crippen LogP contribution in [0.5, 0.6) is 0 Å². The Kier molecular flexibility index (Phi) is 4.65. The van der Waals surface area contributed by atoms with Gasteiger partial charge in [-0.1, -0.05) is 11.6 Å². The molecular formula is C12H17BrClN5. The first-order valence-electron chi connectivity index (χ1n) is 6.21. The van der Waals surface area contributed by atoms with E-state index in [2.05, 4.69) is 32.5 Å². The van der Waals surface area contributed by atoms with Crippen LogP contribution in [0.2, 0.25) is 5.02 Å². The lowest BCUT2D eigenvalue weighted by atomic mass is 10.0. The maximum absolute atomic E-state index is 6.15. The van der Waals surface area contributed by atoms with Crippen LogP contribution in [-0.4, -0.2) is 33.6 Å². The first kappa shape index (κ1) is 14.6. The average molecular weight is 347 g/mol. The van der Waals surface area contributed by atoms with Crippen molar-refractivity contribution < 1.29 is 0 Å². The van der Waals surface area contributed by atoms with E-state index in [0.717, 1.165) is 29.8 Å². The third kappa shape index (κ3) is 3.01. The molecule has 0 aliphatic carbocycles. The Hall–Kier alpha value is -0.850. The zero-order valence-electron chi connectivity index (χ0n) is 10.6. The van der Waals surface area contributed by atoms with Crippen LogP contribution in [0.15, 0.2) is 12.5 Å². The molecule has 3 rings (SSSR count). The van der Waals surface area contributed by atoms with E-state index in [9.17, 15) is 0 Å². The molecule has 7 heteroatoms. The second kappa shape index (κ2) is 6.07. The van der Waals surface area contributed by atoms with Crippen LogP contribution in [0.4, 0.5) is 5.82 Å². The summed E-state index contributed by atoms with van der Waals surface area (Å²) in [5.41, 5.74) is 0.773. The molecule has 19 heavy (non-hydrogen) atoms. The lowest BCUT2D eigenvalue weighted by Gasteiger charge is -2.28. The fourth-order valence-corrected chi connectivity index (χ4v) is 2.58. The summed E-state index contributed by atoms with van der Waals surface area (Å²) < 4.78 is 0. The Morgan fingerprint density at radius 1 is 1.37 bits per heavy atom. The maximum atomic E-state index is 6.15. The molecule has 3 N–H and O–H groups in total. The van der Waals surface area contributed by atoms with Gasteiger partial charge in [0.15, 0.2) is 0 Å². The summed E-state index contributed by atoms with van der Waals surface area (Å²) in [6.45, 7) is 3.16. The van der Waals surface area contributed by atoms with E-state index in [1.165, 1.54) is 6.42 Å². The number of hydrogen-bond acceptors (Lipinski definition) is 4. The molecule has 104 valence electrons. The molecule has 3 heterocycles. The third-order valence-electron chi connectivity index (χ3n) is 3.42. The highest BCUT2D eigenvalue weighted by molar-refractivity contribution is 8.93. The molecule has 2 atom stereocenters. The largest absolute Gasteiger partial charge is 0.365 e. The number of fused-ring (bicyclic) bond motifs is 1. The normalized spacial score (nSPS) is 23.1. The van der Waals surface area contributed by atoms with E-state index in [-0.39, 0.29) is 17.0 Å². The van der Waals surface area contributed by atoms with E-state index in [4.69, 9.17) is 11.6 Å². The first-order chi connectivity index (χ1) is 8.74. The molecule has 0 bridgehead atoms. The van der Waals surface area contributed by atoms with Crippen LogP contribution < -0.4 is 10.6 Å². The van der Waals surface area contributed by atoms with Crippen molar-refractivity contribution in [3.63, 3.8) is 0 Å². The molecule has 5 nitrogen and oxygen atoms in total. The van der Waals surface area contributed by atoms with Crippen molar-refractivity contribution in [2.75, 3.05) is 11.9 Å². The zero-order chi connectivity index (χ0) is 12.5. The van der Waals surface area contributed by atoms with E-state index in [1.54, 1.807) is 12.5 Å². The van der Waals surface area contributed by atoms with Crippen molar-refractivity contribution in [2.24, 2.45) is 0 Å². The quantitative estimate of drug-likeness (QED) is 0.782. The number of H-pyrrole nitrogens is 1. The van der Waals surface area contributed by atoms with Gasteiger partial charge in [-0.05, 0) is 19.8 Å². The van der Waals surface area contributed by atoms with E-state index in [1.807, 2.05) is 0 Å². The minimum Gasteiger partial charge on any atom is -0.365 e. The Balaban J connectivity index is 0.00000133. The topological polar surface area (TPSA) is 65.6 Å². The molecule has 1 saturated heterocycles. The van der Waals surface area contributed by atoms with E-state index in [0.29, 0.717) is 17.1 Å². The van der Waals surface area contributed by atoms with Gasteiger partial charge < -0.3 is 15.6 Å². The Morgan fingerprint density at radius 2 is 2.21 bits per heavy atom. The number of piperidine rings is 1. The van der Waals surface area contributed by atoms with Gasteiger partial charge in [0.25, 0.3) is 0 Å². The molecule has 0 spiro atoms. The molecule has 1 aliphatic rings. The molecule has 2 aromatic heterocycles. The van der Waals surface area contributed by atoms with Gasteiger partial charge in [0.1, 0.15) is 17.8 Å². The molecular weight excluding hydrogens is 330 g/mol. The molecule has 0 saturated carbocycles. The summed E-state index contributed by atoms with van der Waals surface area (Å²) in [6.07, 6.45) is 5.61. The lowest BCUT2D eigenvalue weighted by Crippen LogP contribution is -2.43. The molecule has 1 aliphatic heterocycles. The van der Waals surface area contributed by atoms with Crippen molar-refractivity contribution in [3.05, 3.63) is 17.5 Å². The molecule has 0 radical (unpaired) electrons. The van der Waals surface area contributed by atoms with Crippen molar-refractivity contribution in [2.45, 2.75) is 31.8 Å². The highest BCUT2D eigenvalue weighted by Gasteiger charge is 2.19. The van der Waals surface area contributed by atoms with Crippen LogP contribution >= 0.6 is 28.6 Å². The number of nitrogens with zero attached hydrogens (tertiary/aromatic N) is 2. The fourth-order valence-electron chi connectivity index (χ4n) is 2.35. The highest BCUT2D eigenvalue weighted by atomic mass is 79.9.